The number of hydrazine groups is 1. The van der Waals surface area contributed by atoms with E-state index in [9.17, 15) is 9.59 Å². The van der Waals surface area contributed by atoms with Crippen molar-refractivity contribution in [2.24, 2.45) is 0 Å². The summed E-state index contributed by atoms with van der Waals surface area (Å²) >= 11 is 0. The van der Waals surface area contributed by atoms with Gasteiger partial charge in [-0.25, -0.2) is 0 Å². The molecule has 0 bridgehead atoms. The summed E-state index contributed by atoms with van der Waals surface area (Å²) in [6.07, 6.45) is 1.99. The van der Waals surface area contributed by atoms with Crippen LogP contribution in [0.2, 0.25) is 0 Å². The molecule has 1 N–H and O–H groups in total. The van der Waals surface area contributed by atoms with Crippen LogP contribution in [0.25, 0.3) is 10.9 Å². The van der Waals surface area contributed by atoms with Gasteiger partial charge in [0.05, 0.1) is 12.1 Å². The molecule has 2 amide bonds. The highest BCUT2D eigenvalue weighted by Gasteiger charge is 2.23. The maximum absolute atomic E-state index is 11.9. The van der Waals surface area contributed by atoms with Gasteiger partial charge < -0.3 is 4.74 Å². The fourth-order valence-electron chi connectivity index (χ4n) is 2.24. The molecule has 1 aliphatic rings. The van der Waals surface area contributed by atoms with E-state index in [0.29, 0.717) is 18.7 Å². The molecule has 2 aromatic rings. The van der Waals surface area contributed by atoms with E-state index < -0.39 is 0 Å². The molecule has 3 rings (SSSR count). The minimum Gasteiger partial charge on any atom is -0.483 e. The van der Waals surface area contributed by atoms with Crippen molar-refractivity contribution in [2.45, 2.75) is 13.3 Å². The summed E-state index contributed by atoms with van der Waals surface area (Å²) in [5.74, 6) is 0.199. The Morgan fingerprint density at radius 2 is 2.29 bits per heavy atom. The average Bonchev–Trinajstić information content (AvgIpc) is 2.91. The molecule has 0 atom stereocenters. The van der Waals surface area contributed by atoms with Crippen LogP contribution in [0.1, 0.15) is 12.0 Å². The smallest absolute Gasteiger partial charge is 0.278 e. The van der Waals surface area contributed by atoms with Gasteiger partial charge in [-0.3, -0.25) is 25.0 Å². The Morgan fingerprint density at radius 3 is 3.05 bits per heavy atom. The minimum absolute atomic E-state index is 0.118. The zero-order valence-electron chi connectivity index (χ0n) is 11.6. The lowest BCUT2D eigenvalue weighted by Gasteiger charge is -2.15. The van der Waals surface area contributed by atoms with Gasteiger partial charge in [0.15, 0.2) is 6.61 Å². The molecule has 0 aliphatic carbocycles. The quantitative estimate of drug-likeness (QED) is 0.919. The third-order valence-corrected chi connectivity index (χ3v) is 3.33. The molecule has 1 fully saturated rings. The number of pyridine rings is 1. The zero-order valence-corrected chi connectivity index (χ0v) is 11.6. The van der Waals surface area contributed by atoms with Crippen molar-refractivity contribution in [1.29, 1.82) is 0 Å². The minimum atomic E-state index is -0.266. The van der Waals surface area contributed by atoms with E-state index in [1.807, 2.05) is 25.1 Å². The van der Waals surface area contributed by atoms with E-state index in [1.54, 1.807) is 12.3 Å². The SMILES string of the molecule is Cc1ccc2c(OCC(=O)N3CCC(=O)N3)ccnc2c1. The number of aromatic nitrogens is 1. The summed E-state index contributed by atoms with van der Waals surface area (Å²) in [6, 6.07) is 7.59. The molecule has 1 aliphatic heterocycles. The van der Waals surface area contributed by atoms with E-state index >= 15 is 0 Å². The number of hydrogen-bond donors (Lipinski definition) is 1. The van der Waals surface area contributed by atoms with Crippen LogP contribution in [0.4, 0.5) is 0 Å². The second kappa shape index (κ2) is 5.40. The average molecular weight is 285 g/mol. The molecular formula is C15H15N3O3. The van der Waals surface area contributed by atoms with Gasteiger partial charge in [0.25, 0.3) is 5.91 Å². The second-order valence-corrected chi connectivity index (χ2v) is 4.95. The molecule has 1 aromatic heterocycles. The van der Waals surface area contributed by atoms with Crippen molar-refractivity contribution in [1.82, 2.24) is 15.4 Å². The Kier molecular flexibility index (Phi) is 3.43. The predicted molar refractivity (Wildman–Crippen MR) is 76.4 cm³/mol. The molecular weight excluding hydrogens is 270 g/mol. The topological polar surface area (TPSA) is 71.5 Å². The lowest BCUT2D eigenvalue weighted by Crippen LogP contribution is -2.41. The Labute approximate surface area is 121 Å². The molecule has 1 saturated heterocycles. The van der Waals surface area contributed by atoms with Crippen LogP contribution in [0.15, 0.2) is 30.5 Å². The number of carbonyl (C=O) groups is 2. The second-order valence-electron chi connectivity index (χ2n) is 4.95. The van der Waals surface area contributed by atoms with E-state index in [0.717, 1.165) is 16.5 Å². The predicted octanol–water partition coefficient (Wildman–Crippen LogP) is 1.19. The van der Waals surface area contributed by atoms with E-state index in [4.69, 9.17) is 4.74 Å². The molecule has 21 heavy (non-hydrogen) atoms. The third kappa shape index (κ3) is 2.79. The number of rotatable bonds is 3. The zero-order chi connectivity index (χ0) is 14.8. The molecule has 6 heteroatoms. The van der Waals surface area contributed by atoms with Crippen LogP contribution < -0.4 is 10.2 Å². The molecule has 0 saturated carbocycles. The van der Waals surface area contributed by atoms with Crippen LogP contribution in [-0.2, 0) is 9.59 Å². The third-order valence-electron chi connectivity index (χ3n) is 3.33. The molecule has 6 nitrogen and oxygen atoms in total. The lowest BCUT2D eigenvalue weighted by molar-refractivity contribution is -0.137. The van der Waals surface area contributed by atoms with Gasteiger partial charge in [-0.1, -0.05) is 6.07 Å². The molecule has 1 aromatic carbocycles. The normalized spacial score (nSPS) is 14.3. The summed E-state index contributed by atoms with van der Waals surface area (Å²) in [4.78, 5) is 27.3. The summed E-state index contributed by atoms with van der Waals surface area (Å²) in [7, 11) is 0. The number of ether oxygens (including phenoxy) is 1. The van der Waals surface area contributed by atoms with Crippen LogP contribution in [0, 0.1) is 6.92 Å². The molecule has 0 spiro atoms. The van der Waals surface area contributed by atoms with Crippen molar-refractivity contribution in [2.75, 3.05) is 13.2 Å². The van der Waals surface area contributed by atoms with E-state index in [2.05, 4.69) is 10.4 Å². The Morgan fingerprint density at radius 1 is 1.43 bits per heavy atom. The fraction of sp³-hybridized carbons (Fsp3) is 0.267. The maximum atomic E-state index is 11.9. The van der Waals surface area contributed by atoms with E-state index in [-0.39, 0.29) is 18.4 Å². The number of fused-ring (bicyclic) bond motifs is 1. The summed E-state index contributed by atoms with van der Waals surface area (Å²) in [5.41, 5.74) is 4.43. The van der Waals surface area contributed by atoms with Gasteiger partial charge in [0.2, 0.25) is 5.91 Å². The number of nitrogens with zero attached hydrogens (tertiary/aromatic N) is 2. The number of carbonyl (C=O) groups excluding carboxylic acids is 2. The van der Waals surface area contributed by atoms with Crippen LogP contribution in [-0.4, -0.2) is 35.0 Å². The fourth-order valence-corrected chi connectivity index (χ4v) is 2.24. The van der Waals surface area contributed by atoms with Gasteiger partial charge in [-0.2, -0.15) is 0 Å². The number of aryl methyl sites for hydroxylation is 1. The largest absolute Gasteiger partial charge is 0.483 e. The Hall–Kier alpha value is -2.63. The van der Waals surface area contributed by atoms with Crippen LogP contribution in [0.3, 0.4) is 0 Å². The number of amides is 2. The van der Waals surface area contributed by atoms with Crippen molar-refractivity contribution in [3.05, 3.63) is 36.0 Å². The highest BCUT2D eigenvalue weighted by molar-refractivity contribution is 5.87. The van der Waals surface area contributed by atoms with Crippen molar-refractivity contribution in [3.63, 3.8) is 0 Å². The van der Waals surface area contributed by atoms with Gasteiger partial charge >= 0.3 is 0 Å². The van der Waals surface area contributed by atoms with E-state index in [1.165, 1.54) is 5.01 Å². The first-order chi connectivity index (χ1) is 10.1. The number of nitrogens with one attached hydrogen (secondary N) is 1. The first kappa shape index (κ1) is 13.4. The molecule has 108 valence electrons. The van der Waals surface area contributed by atoms with Crippen molar-refractivity contribution in [3.8, 4) is 5.75 Å². The molecule has 0 unspecified atom stereocenters. The molecule has 0 radical (unpaired) electrons. The Bertz CT molecular complexity index is 714. The molecule has 2 heterocycles. The highest BCUT2D eigenvalue weighted by Crippen LogP contribution is 2.24. The monoisotopic (exact) mass is 285 g/mol. The van der Waals surface area contributed by atoms with Gasteiger partial charge in [0.1, 0.15) is 5.75 Å². The summed E-state index contributed by atoms with van der Waals surface area (Å²) in [6.45, 7) is 2.26. The van der Waals surface area contributed by atoms with Crippen LogP contribution >= 0.6 is 0 Å². The lowest BCUT2D eigenvalue weighted by atomic mass is 10.1. The maximum Gasteiger partial charge on any atom is 0.278 e. The van der Waals surface area contributed by atoms with Crippen LogP contribution in [0.5, 0.6) is 5.75 Å². The van der Waals surface area contributed by atoms with Gasteiger partial charge in [0, 0.05) is 18.0 Å². The summed E-state index contributed by atoms with van der Waals surface area (Å²) in [5, 5.41) is 2.15. The van der Waals surface area contributed by atoms with Gasteiger partial charge in [-0.15, -0.1) is 0 Å². The first-order valence-corrected chi connectivity index (χ1v) is 6.71. The standard InChI is InChI=1S/C15H15N3O3/c1-10-2-3-11-12(8-10)16-6-4-13(11)21-9-15(20)18-7-5-14(19)17-18/h2-4,6,8H,5,7,9H2,1H3,(H,17,19). The van der Waals surface area contributed by atoms with Gasteiger partial charge in [-0.05, 0) is 30.7 Å². The first-order valence-electron chi connectivity index (χ1n) is 6.71. The highest BCUT2D eigenvalue weighted by atomic mass is 16.5. The van der Waals surface area contributed by atoms with Crippen molar-refractivity contribution < 1.29 is 14.3 Å². The summed E-state index contributed by atoms with van der Waals surface area (Å²) < 4.78 is 5.59. The van der Waals surface area contributed by atoms with Crippen molar-refractivity contribution >= 4 is 22.7 Å². The number of hydrogen-bond acceptors (Lipinski definition) is 4. The Balaban J connectivity index is 1.73. The number of benzene rings is 1.